The van der Waals surface area contributed by atoms with E-state index in [1.165, 1.54) is 6.07 Å². The average molecular weight is 712 g/mol. The summed E-state index contributed by atoms with van der Waals surface area (Å²) < 4.78 is 62.3. The van der Waals surface area contributed by atoms with Crippen molar-refractivity contribution in [3.8, 4) is 5.69 Å². The van der Waals surface area contributed by atoms with Gasteiger partial charge in [-0.1, -0.05) is 0 Å². The molecule has 182 valence electrons. The van der Waals surface area contributed by atoms with Gasteiger partial charge < -0.3 is 0 Å². The van der Waals surface area contributed by atoms with Crippen LogP contribution in [-0.2, 0) is 5.41 Å². The first-order valence-electron chi connectivity index (χ1n) is 11.4. The van der Waals surface area contributed by atoms with Gasteiger partial charge >= 0.3 is 221 Å². The summed E-state index contributed by atoms with van der Waals surface area (Å²) in [7, 11) is 0. The fourth-order valence-corrected chi connectivity index (χ4v) is 12.9. The zero-order chi connectivity index (χ0) is 25.0. The Morgan fingerprint density at radius 1 is 0.833 bits per heavy atom. The van der Waals surface area contributed by atoms with Gasteiger partial charge in [-0.05, 0) is 0 Å². The predicted molar refractivity (Wildman–Crippen MR) is 158 cm³/mol. The van der Waals surface area contributed by atoms with Crippen molar-refractivity contribution in [1.29, 1.82) is 0 Å². The molecule has 0 saturated carbocycles. The Morgan fingerprint density at radius 2 is 1.56 bits per heavy atom. The van der Waals surface area contributed by atoms with Crippen LogP contribution in [0, 0.1) is 3.57 Å². The number of nitrogens with zero attached hydrogens (tertiary/aromatic N) is 2. The molecule has 2 aliphatic rings. The van der Waals surface area contributed by atoms with Gasteiger partial charge in [0.2, 0.25) is 0 Å². The number of halogens is 6. The number of aromatic nitrogens is 1. The van der Waals surface area contributed by atoms with Crippen LogP contribution in [0.3, 0.4) is 0 Å². The fourth-order valence-electron chi connectivity index (χ4n) is 6.44. The van der Waals surface area contributed by atoms with Crippen molar-refractivity contribution in [3.63, 3.8) is 0 Å². The van der Waals surface area contributed by atoms with Gasteiger partial charge in [-0.2, -0.15) is 0 Å². The van der Waals surface area contributed by atoms with Gasteiger partial charge in [0.05, 0.1) is 0 Å². The Labute approximate surface area is 220 Å². The molecule has 0 N–H and O–H groups in total. The summed E-state index contributed by atoms with van der Waals surface area (Å²) in [6, 6.07) is 25.4. The van der Waals surface area contributed by atoms with Crippen LogP contribution in [-0.4, -0.2) is 11.3 Å². The van der Waals surface area contributed by atoms with Crippen LogP contribution in [0.2, 0.25) is 0 Å². The van der Waals surface area contributed by atoms with E-state index in [-0.39, 0.29) is 10.3 Å². The first kappa shape index (κ1) is 22.9. The zero-order valence-electron chi connectivity index (χ0n) is 19.2. The van der Waals surface area contributed by atoms with Gasteiger partial charge in [0.15, 0.2) is 0 Å². The first-order valence-corrected chi connectivity index (χ1v) is 17.7. The summed E-state index contributed by atoms with van der Waals surface area (Å²) in [4.78, 5) is 0. The minimum absolute atomic E-state index is 0.239. The van der Waals surface area contributed by atoms with Crippen LogP contribution in [0.1, 0.15) is 25.0 Å². The van der Waals surface area contributed by atoms with E-state index >= 15 is 5.72 Å². The quantitative estimate of drug-likeness (QED) is 0.100. The van der Waals surface area contributed by atoms with Crippen LogP contribution < -0.4 is 16.4 Å². The van der Waals surface area contributed by atoms with Gasteiger partial charge in [0.25, 0.3) is 0 Å². The van der Waals surface area contributed by atoms with Crippen molar-refractivity contribution in [1.82, 2.24) is 4.57 Å². The fraction of sp³-hybridized carbons (Fsp3) is 0.111. The summed E-state index contributed by atoms with van der Waals surface area (Å²) in [5, 5.41) is 2.27. The molecule has 7 rings (SSSR count). The predicted octanol–water partition coefficient (Wildman–Crippen LogP) is 7.61. The first-order chi connectivity index (χ1) is 17.2. The molecule has 0 bridgehead atoms. The third-order valence-electron chi connectivity index (χ3n) is 7.68. The molecule has 3 heterocycles. The minimum atomic E-state index is -6.21. The second kappa shape index (κ2) is 7.62. The Bertz CT molecular complexity index is 1810. The Hall–Kier alpha value is -2.28. The maximum absolute atomic E-state index is 15.4. The summed E-state index contributed by atoms with van der Waals surface area (Å²) in [5.74, 6) is 0. The summed E-state index contributed by atoms with van der Waals surface area (Å²) >= 11 is -11.2. The molecular formula is C27H19BF4I2N2. The van der Waals surface area contributed by atoms with E-state index in [9.17, 15) is 5.72 Å². The van der Waals surface area contributed by atoms with E-state index in [0.717, 1.165) is 49.4 Å². The van der Waals surface area contributed by atoms with Crippen LogP contribution in [0.4, 0.5) is 11.4 Å². The molecule has 0 amide bonds. The number of hydrogen-bond acceptors (Lipinski definition) is 1. The van der Waals surface area contributed by atoms with Crippen molar-refractivity contribution < 1.29 is 11.4 Å². The molecule has 0 fully saturated rings. The van der Waals surface area contributed by atoms with Crippen LogP contribution in [0.5, 0.6) is 0 Å². The van der Waals surface area contributed by atoms with Crippen molar-refractivity contribution >= 4 is 85.6 Å². The van der Waals surface area contributed by atoms with Gasteiger partial charge in [-0.15, -0.1) is 0 Å². The molecule has 1 aromatic heterocycles. The molecular weight excluding hydrogens is 693 g/mol. The van der Waals surface area contributed by atoms with E-state index in [4.69, 9.17) is 0 Å². The number of fused-ring (bicyclic) bond motifs is 8. The summed E-state index contributed by atoms with van der Waals surface area (Å²) in [6.45, 7) is 3.62. The maximum atomic E-state index is 15.4. The number of benzene rings is 4. The molecule has 0 spiro atoms. The molecule has 0 aliphatic carbocycles. The third-order valence-corrected chi connectivity index (χ3v) is 15.6. The normalized spacial score (nSPS) is 16.1. The van der Waals surface area contributed by atoms with E-state index < -0.39 is 46.1 Å². The molecule has 36 heavy (non-hydrogen) atoms. The van der Waals surface area contributed by atoms with Gasteiger partial charge in [0, 0.05) is 0 Å². The van der Waals surface area contributed by atoms with Crippen LogP contribution >= 0.6 is 40.6 Å². The number of rotatable bonds is 2. The van der Waals surface area contributed by atoms with Crippen molar-refractivity contribution in [2.45, 2.75) is 19.3 Å². The second-order valence-electron chi connectivity index (χ2n) is 9.75. The Kier molecular flexibility index (Phi) is 4.85. The zero-order valence-corrected chi connectivity index (χ0v) is 23.6. The van der Waals surface area contributed by atoms with Gasteiger partial charge in [-0.25, -0.2) is 0 Å². The second-order valence-corrected chi connectivity index (χ2v) is 17.1. The molecule has 0 radical (unpaired) electrons. The van der Waals surface area contributed by atoms with Crippen molar-refractivity contribution in [3.05, 3.63) is 93.6 Å². The molecule has 0 saturated heterocycles. The van der Waals surface area contributed by atoms with E-state index in [1.807, 2.05) is 44.2 Å². The molecule has 5 aromatic rings. The average Bonchev–Trinajstić information content (AvgIpc) is 3.19. The molecule has 0 unspecified atom stereocenters. The van der Waals surface area contributed by atoms with Gasteiger partial charge in [0.1, 0.15) is 0 Å². The summed E-state index contributed by atoms with van der Waals surface area (Å²) in [6.07, 6.45) is 0. The van der Waals surface area contributed by atoms with Crippen molar-refractivity contribution in [2.75, 3.05) is 0 Å². The number of para-hydroxylation sites is 2. The third kappa shape index (κ3) is 2.89. The van der Waals surface area contributed by atoms with Crippen molar-refractivity contribution in [2.24, 2.45) is 1.36 Å². The van der Waals surface area contributed by atoms with E-state index in [1.54, 1.807) is 6.07 Å². The van der Waals surface area contributed by atoms with Crippen LogP contribution in [0.15, 0.2) is 80.2 Å². The van der Waals surface area contributed by atoms with E-state index in [0.29, 0.717) is 5.56 Å². The van der Waals surface area contributed by atoms with Crippen LogP contribution in [0.25, 0.3) is 27.5 Å². The molecule has 2 aliphatic heterocycles. The standard InChI is InChI=1S/C27H19BF4I2N2/c1-27(2)18-15-14-17-16-8-3-5-12-22(16)36-23-13-6-4-9-19(23)28(25(18)26(17)36)20-10-7-11-21(24(20)27)34(31,32)35-33(29)30/h3-15H,1-2H3. The molecule has 9 heteroatoms. The van der Waals surface area contributed by atoms with E-state index in [2.05, 4.69) is 42.3 Å². The molecule has 0 atom stereocenters. The Morgan fingerprint density at radius 3 is 2.36 bits per heavy atom. The number of hydrogen-bond donors (Lipinski definition) is 0. The summed E-state index contributed by atoms with van der Waals surface area (Å²) in [5.41, 5.74) is 6.79. The molecule has 2 nitrogen and oxygen atoms in total. The monoisotopic (exact) mass is 712 g/mol. The Balaban J connectivity index is 1.68. The van der Waals surface area contributed by atoms with Gasteiger partial charge in [-0.3, -0.25) is 0 Å². The topological polar surface area (TPSA) is 17.3 Å². The molecule has 4 aromatic carbocycles. The SMILES string of the molecule is CC1(C)c2ccc3c4ccccc4n4c3c2B(c2ccccc2-4)c2cccc(I(F)(F)=NI(F)F)c21.